The van der Waals surface area contributed by atoms with Gasteiger partial charge < -0.3 is 5.11 Å². The Morgan fingerprint density at radius 1 is 1.26 bits per heavy atom. The summed E-state index contributed by atoms with van der Waals surface area (Å²) in [6.45, 7) is 3.42. The molecule has 1 aliphatic heterocycles. The van der Waals surface area contributed by atoms with Crippen molar-refractivity contribution in [3.8, 4) is 0 Å². The number of carbonyl (C=O) groups is 1. The normalized spacial score (nSPS) is 21.5. The van der Waals surface area contributed by atoms with E-state index in [0.29, 0.717) is 31.6 Å². The molecular formula is C19H20FNO2. The number of aryl methyl sites for hydroxylation is 1. The number of hydrogen-bond acceptors (Lipinski definition) is 2. The lowest BCUT2D eigenvalue weighted by atomic mass is 9.80. The van der Waals surface area contributed by atoms with Crippen LogP contribution in [0.4, 0.5) is 4.39 Å². The molecule has 0 radical (unpaired) electrons. The molecule has 0 aliphatic carbocycles. The summed E-state index contributed by atoms with van der Waals surface area (Å²) in [6, 6.07) is 14.4. The van der Waals surface area contributed by atoms with Gasteiger partial charge in [0.05, 0.1) is 0 Å². The van der Waals surface area contributed by atoms with Gasteiger partial charge in [-0.3, -0.25) is 9.69 Å². The second kappa shape index (κ2) is 6.13. The average Bonchev–Trinajstić information content (AvgIpc) is 2.97. The first kappa shape index (κ1) is 15.7. The molecular weight excluding hydrogens is 293 g/mol. The standard InChI is InChI=1S/C19H20FNO2/c1-14-7-8-17(20)15(11-14)12-21-10-9-19(13-21,18(22)23)16-5-3-2-4-6-16/h2-8,11H,9-10,12-13H2,1H3,(H,22,23). The molecule has 0 amide bonds. The Bertz CT molecular complexity index is 717. The smallest absolute Gasteiger partial charge is 0.315 e. The van der Waals surface area contributed by atoms with Gasteiger partial charge in [-0.05, 0) is 25.0 Å². The number of carboxylic acids is 1. The van der Waals surface area contributed by atoms with E-state index in [4.69, 9.17) is 0 Å². The number of aliphatic carboxylic acids is 1. The van der Waals surface area contributed by atoms with Crippen LogP contribution in [-0.2, 0) is 16.8 Å². The van der Waals surface area contributed by atoms with E-state index in [1.165, 1.54) is 6.07 Å². The molecule has 1 heterocycles. The summed E-state index contributed by atoms with van der Waals surface area (Å²) in [6.07, 6.45) is 0.541. The highest BCUT2D eigenvalue weighted by atomic mass is 19.1. The molecule has 0 saturated carbocycles. The minimum absolute atomic E-state index is 0.233. The van der Waals surface area contributed by atoms with Crippen molar-refractivity contribution in [2.45, 2.75) is 25.3 Å². The molecule has 3 rings (SSSR count). The molecule has 2 aromatic carbocycles. The Hall–Kier alpha value is -2.20. The fourth-order valence-electron chi connectivity index (χ4n) is 3.38. The van der Waals surface area contributed by atoms with Crippen LogP contribution in [0.3, 0.4) is 0 Å². The van der Waals surface area contributed by atoms with E-state index in [-0.39, 0.29) is 5.82 Å². The highest BCUT2D eigenvalue weighted by Crippen LogP contribution is 2.35. The Morgan fingerprint density at radius 2 is 2.00 bits per heavy atom. The fourth-order valence-corrected chi connectivity index (χ4v) is 3.38. The number of rotatable bonds is 4. The molecule has 0 bridgehead atoms. The summed E-state index contributed by atoms with van der Waals surface area (Å²) in [4.78, 5) is 14.0. The zero-order valence-corrected chi connectivity index (χ0v) is 13.1. The molecule has 1 fully saturated rings. The highest BCUT2D eigenvalue weighted by Gasteiger charge is 2.46. The number of carboxylic acid groups (broad SMARTS) is 1. The SMILES string of the molecule is Cc1ccc(F)c(CN2CCC(C(=O)O)(c3ccccc3)C2)c1. The molecule has 1 atom stereocenters. The van der Waals surface area contributed by atoms with Gasteiger partial charge in [0.2, 0.25) is 0 Å². The molecule has 1 unspecified atom stereocenters. The minimum atomic E-state index is -0.901. The number of nitrogens with zero attached hydrogens (tertiary/aromatic N) is 1. The van der Waals surface area contributed by atoms with Gasteiger partial charge in [-0.1, -0.05) is 48.0 Å². The summed E-state index contributed by atoms with van der Waals surface area (Å²) in [7, 11) is 0. The Morgan fingerprint density at radius 3 is 2.70 bits per heavy atom. The average molecular weight is 313 g/mol. The van der Waals surface area contributed by atoms with E-state index < -0.39 is 11.4 Å². The molecule has 1 N–H and O–H groups in total. The second-order valence-electron chi connectivity index (χ2n) is 6.31. The molecule has 1 saturated heterocycles. The summed E-state index contributed by atoms with van der Waals surface area (Å²) in [5.74, 6) is -1.04. The summed E-state index contributed by atoms with van der Waals surface area (Å²) in [5, 5.41) is 9.80. The quantitative estimate of drug-likeness (QED) is 0.941. The van der Waals surface area contributed by atoms with Crippen LogP contribution in [0.2, 0.25) is 0 Å². The Kier molecular flexibility index (Phi) is 4.18. The lowest BCUT2D eigenvalue weighted by Gasteiger charge is -2.25. The third-order valence-corrected chi connectivity index (χ3v) is 4.68. The summed E-state index contributed by atoms with van der Waals surface area (Å²) in [5.41, 5.74) is 1.55. The number of hydrogen-bond donors (Lipinski definition) is 1. The summed E-state index contributed by atoms with van der Waals surface area (Å²) >= 11 is 0. The molecule has 2 aromatic rings. The van der Waals surface area contributed by atoms with E-state index in [1.54, 1.807) is 6.07 Å². The maximum atomic E-state index is 14.0. The topological polar surface area (TPSA) is 40.5 Å². The van der Waals surface area contributed by atoms with Gasteiger partial charge in [-0.15, -0.1) is 0 Å². The van der Waals surface area contributed by atoms with Gasteiger partial charge >= 0.3 is 5.97 Å². The van der Waals surface area contributed by atoms with E-state index >= 15 is 0 Å². The summed E-state index contributed by atoms with van der Waals surface area (Å²) < 4.78 is 14.0. The molecule has 120 valence electrons. The van der Waals surface area contributed by atoms with Crippen LogP contribution in [-0.4, -0.2) is 29.1 Å². The molecule has 0 spiro atoms. The van der Waals surface area contributed by atoms with Crippen molar-refractivity contribution >= 4 is 5.97 Å². The van der Waals surface area contributed by atoms with Gasteiger partial charge in [0, 0.05) is 25.2 Å². The third-order valence-electron chi connectivity index (χ3n) is 4.68. The number of benzene rings is 2. The molecule has 23 heavy (non-hydrogen) atoms. The van der Waals surface area contributed by atoms with Crippen LogP contribution in [0.15, 0.2) is 48.5 Å². The predicted octanol–water partition coefficient (Wildman–Crippen LogP) is 3.36. The van der Waals surface area contributed by atoms with Crippen LogP contribution in [0, 0.1) is 12.7 Å². The largest absolute Gasteiger partial charge is 0.481 e. The van der Waals surface area contributed by atoms with Crippen molar-refractivity contribution in [2.75, 3.05) is 13.1 Å². The molecule has 0 aromatic heterocycles. The zero-order valence-electron chi connectivity index (χ0n) is 13.1. The van der Waals surface area contributed by atoms with Crippen molar-refractivity contribution in [2.24, 2.45) is 0 Å². The van der Waals surface area contributed by atoms with Gasteiger partial charge in [0.15, 0.2) is 0 Å². The van der Waals surface area contributed by atoms with Crippen molar-refractivity contribution in [3.05, 3.63) is 71.0 Å². The number of likely N-dealkylation sites (tertiary alicyclic amines) is 1. The van der Waals surface area contributed by atoms with Crippen LogP contribution in [0.5, 0.6) is 0 Å². The van der Waals surface area contributed by atoms with Crippen LogP contribution >= 0.6 is 0 Å². The van der Waals surface area contributed by atoms with Crippen molar-refractivity contribution in [3.63, 3.8) is 0 Å². The highest BCUT2D eigenvalue weighted by molar-refractivity contribution is 5.82. The monoisotopic (exact) mass is 313 g/mol. The Labute approximate surface area is 135 Å². The van der Waals surface area contributed by atoms with Crippen molar-refractivity contribution in [1.29, 1.82) is 0 Å². The lowest BCUT2D eigenvalue weighted by molar-refractivity contribution is -0.143. The predicted molar refractivity (Wildman–Crippen MR) is 86.8 cm³/mol. The lowest BCUT2D eigenvalue weighted by Crippen LogP contribution is -2.38. The van der Waals surface area contributed by atoms with E-state index in [1.807, 2.05) is 48.2 Å². The Balaban J connectivity index is 1.83. The van der Waals surface area contributed by atoms with Gasteiger partial charge in [0.25, 0.3) is 0 Å². The maximum absolute atomic E-state index is 14.0. The van der Waals surface area contributed by atoms with E-state index in [2.05, 4.69) is 0 Å². The minimum Gasteiger partial charge on any atom is -0.481 e. The van der Waals surface area contributed by atoms with E-state index in [9.17, 15) is 14.3 Å². The second-order valence-corrected chi connectivity index (χ2v) is 6.31. The third kappa shape index (κ3) is 2.99. The van der Waals surface area contributed by atoms with Crippen LogP contribution in [0.25, 0.3) is 0 Å². The van der Waals surface area contributed by atoms with Crippen LogP contribution < -0.4 is 0 Å². The van der Waals surface area contributed by atoms with Crippen molar-refractivity contribution in [1.82, 2.24) is 4.90 Å². The maximum Gasteiger partial charge on any atom is 0.315 e. The zero-order chi connectivity index (χ0) is 16.4. The van der Waals surface area contributed by atoms with Gasteiger partial charge in [0.1, 0.15) is 11.2 Å². The molecule has 1 aliphatic rings. The fraction of sp³-hybridized carbons (Fsp3) is 0.316. The van der Waals surface area contributed by atoms with Gasteiger partial charge in [-0.2, -0.15) is 0 Å². The van der Waals surface area contributed by atoms with Crippen LogP contribution in [0.1, 0.15) is 23.1 Å². The number of halogens is 1. The molecule has 4 heteroatoms. The first-order valence-electron chi connectivity index (χ1n) is 7.77. The first-order valence-corrected chi connectivity index (χ1v) is 7.77. The molecule has 3 nitrogen and oxygen atoms in total. The van der Waals surface area contributed by atoms with Gasteiger partial charge in [-0.25, -0.2) is 4.39 Å². The van der Waals surface area contributed by atoms with E-state index in [0.717, 1.165) is 11.1 Å². The first-order chi connectivity index (χ1) is 11.0. The van der Waals surface area contributed by atoms with Crippen molar-refractivity contribution < 1.29 is 14.3 Å².